The van der Waals surface area contributed by atoms with Gasteiger partial charge >= 0.3 is 0 Å². The van der Waals surface area contributed by atoms with Crippen LogP contribution in [0.2, 0.25) is 0 Å². The van der Waals surface area contributed by atoms with Crippen LogP contribution < -0.4 is 11.1 Å². The zero-order chi connectivity index (χ0) is 12.4. The number of hydrogen-bond donors (Lipinski definition) is 3. The van der Waals surface area contributed by atoms with E-state index in [1.54, 1.807) is 0 Å². The van der Waals surface area contributed by atoms with Crippen LogP contribution >= 0.6 is 0 Å². The van der Waals surface area contributed by atoms with Gasteiger partial charge in [0.1, 0.15) is 5.84 Å². The Balaban J connectivity index is 2.16. The zero-order valence-corrected chi connectivity index (χ0v) is 10.9. The maximum atomic E-state index is 8.64. The third-order valence-electron chi connectivity index (χ3n) is 3.84. The maximum Gasteiger partial charge on any atom is 0.144 e. The molecule has 0 heterocycles. The molecule has 0 aromatic heterocycles. The van der Waals surface area contributed by atoms with Gasteiger partial charge in [-0.3, -0.25) is 0 Å². The zero-order valence-electron chi connectivity index (χ0n) is 10.9. The standard InChI is InChI=1S/C12H25N3O/c1-11(2,10(13)15-16)5-6-14-8-9-7-12(9,3)4/h9,14,16H,5-8H2,1-4H3,(H2,13,15). The highest BCUT2D eigenvalue weighted by atomic mass is 16.4. The number of nitrogens with two attached hydrogens (primary N) is 1. The molecule has 1 rings (SSSR count). The highest BCUT2D eigenvalue weighted by Gasteiger charge is 2.44. The molecule has 1 saturated carbocycles. The van der Waals surface area contributed by atoms with Crippen LogP contribution in [-0.4, -0.2) is 24.1 Å². The Hall–Kier alpha value is -0.770. The molecule has 0 spiro atoms. The molecular weight excluding hydrogens is 202 g/mol. The maximum absolute atomic E-state index is 8.64. The fourth-order valence-corrected chi connectivity index (χ4v) is 1.87. The van der Waals surface area contributed by atoms with Crippen molar-refractivity contribution in [2.45, 2.75) is 40.5 Å². The second-order valence-electron chi connectivity index (χ2n) is 6.21. The number of hydrogen-bond acceptors (Lipinski definition) is 3. The number of nitrogens with zero attached hydrogens (tertiary/aromatic N) is 1. The minimum atomic E-state index is -0.235. The van der Waals surface area contributed by atoms with E-state index >= 15 is 0 Å². The quantitative estimate of drug-likeness (QED) is 0.213. The fraction of sp³-hybridized carbons (Fsp3) is 0.917. The molecule has 0 aromatic rings. The van der Waals surface area contributed by atoms with Gasteiger partial charge in [-0.05, 0) is 37.3 Å². The summed E-state index contributed by atoms with van der Waals surface area (Å²) in [6, 6.07) is 0. The van der Waals surface area contributed by atoms with Crippen molar-refractivity contribution in [2.75, 3.05) is 13.1 Å². The van der Waals surface area contributed by atoms with Gasteiger partial charge in [0, 0.05) is 5.41 Å². The molecule has 4 nitrogen and oxygen atoms in total. The number of oxime groups is 1. The number of nitrogens with one attached hydrogen (secondary N) is 1. The van der Waals surface area contributed by atoms with Crippen molar-refractivity contribution in [1.29, 1.82) is 0 Å². The first-order valence-corrected chi connectivity index (χ1v) is 5.98. The summed E-state index contributed by atoms with van der Waals surface area (Å²) in [4.78, 5) is 0. The minimum Gasteiger partial charge on any atom is -0.409 e. The molecule has 0 saturated heterocycles. The smallest absolute Gasteiger partial charge is 0.144 e. The topological polar surface area (TPSA) is 70.6 Å². The predicted octanol–water partition coefficient (Wildman–Crippen LogP) is 1.78. The van der Waals surface area contributed by atoms with E-state index in [0.717, 1.165) is 25.4 Å². The van der Waals surface area contributed by atoms with Crippen molar-refractivity contribution in [3.05, 3.63) is 0 Å². The largest absolute Gasteiger partial charge is 0.409 e. The molecule has 1 unspecified atom stereocenters. The molecule has 4 heteroatoms. The van der Waals surface area contributed by atoms with Crippen LogP contribution in [0.5, 0.6) is 0 Å². The van der Waals surface area contributed by atoms with E-state index in [2.05, 4.69) is 24.3 Å². The molecule has 1 aliphatic carbocycles. The second kappa shape index (κ2) is 4.62. The molecule has 0 radical (unpaired) electrons. The van der Waals surface area contributed by atoms with Crippen molar-refractivity contribution in [3.8, 4) is 0 Å². The summed E-state index contributed by atoms with van der Waals surface area (Å²) in [5.74, 6) is 1.13. The summed E-state index contributed by atoms with van der Waals surface area (Å²) >= 11 is 0. The average Bonchev–Trinajstić information content (AvgIpc) is 2.80. The molecule has 0 aromatic carbocycles. The second-order valence-corrected chi connectivity index (χ2v) is 6.21. The molecule has 94 valence electrons. The monoisotopic (exact) mass is 227 g/mol. The average molecular weight is 227 g/mol. The Labute approximate surface area is 98.3 Å². The summed E-state index contributed by atoms with van der Waals surface area (Å²) in [5, 5.41) is 15.2. The fourth-order valence-electron chi connectivity index (χ4n) is 1.87. The van der Waals surface area contributed by atoms with Gasteiger partial charge in [-0.1, -0.05) is 32.9 Å². The van der Waals surface area contributed by atoms with Crippen molar-refractivity contribution in [2.24, 2.45) is 27.6 Å². The third-order valence-corrected chi connectivity index (χ3v) is 3.84. The Bertz CT molecular complexity index is 271. The summed E-state index contributed by atoms with van der Waals surface area (Å²) in [6.45, 7) is 10.6. The Morgan fingerprint density at radius 1 is 1.56 bits per heavy atom. The highest BCUT2D eigenvalue weighted by Crippen LogP contribution is 2.50. The summed E-state index contributed by atoms with van der Waals surface area (Å²) in [6.07, 6.45) is 2.21. The number of rotatable bonds is 6. The van der Waals surface area contributed by atoms with Crippen molar-refractivity contribution >= 4 is 5.84 Å². The van der Waals surface area contributed by atoms with Gasteiger partial charge in [0.25, 0.3) is 0 Å². The lowest BCUT2D eigenvalue weighted by Crippen LogP contribution is -2.35. The van der Waals surface area contributed by atoms with Crippen molar-refractivity contribution < 1.29 is 5.21 Å². The summed E-state index contributed by atoms with van der Waals surface area (Å²) in [5.41, 5.74) is 5.92. The molecule has 1 fully saturated rings. The van der Waals surface area contributed by atoms with Crippen LogP contribution in [0.4, 0.5) is 0 Å². The lowest BCUT2D eigenvalue weighted by atomic mass is 9.88. The molecular formula is C12H25N3O. The van der Waals surface area contributed by atoms with Gasteiger partial charge in [-0.2, -0.15) is 0 Å². The molecule has 0 amide bonds. The van der Waals surface area contributed by atoms with Crippen LogP contribution in [0.1, 0.15) is 40.5 Å². The minimum absolute atomic E-state index is 0.235. The van der Waals surface area contributed by atoms with Crippen LogP contribution in [-0.2, 0) is 0 Å². The summed E-state index contributed by atoms with van der Waals surface area (Å²) in [7, 11) is 0. The molecule has 1 aliphatic rings. The van der Waals surface area contributed by atoms with Crippen molar-refractivity contribution in [3.63, 3.8) is 0 Å². The Morgan fingerprint density at radius 3 is 2.56 bits per heavy atom. The van der Waals surface area contributed by atoms with E-state index < -0.39 is 0 Å². The number of amidine groups is 1. The summed E-state index contributed by atoms with van der Waals surface area (Å²) < 4.78 is 0. The van der Waals surface area contributed by atoms with Gasteiger partial charge in [-0.25, -0.2) is 0 Å². The van der Waals surface area contributed by atoms with E-state index in [1.807, 2.05) is 13.8 Å². The highest BCUT2D eigenvalue weighted by molar-refractivity contribution is 5.85. The van der Waals surface area contributed by atoms with Crippen LogP contribution in [0.15, 0.2) is 5.16 Å². The molecule has 4 N–H and O–H groups in total. The predicted molar refractivity (Wildman–Crippen MR) is 66.6 cm³/mol. The molecule has 1 atom stereocenters. The normalized spacial score (nSPS) is 24.5. The van der Waals surface area contributed by atoms with E-state index in [9.17, 15) is 0 Å². The van der Waals surface area contributed by atoms with Gasteiger partial charge < -0.3 is 16.3 Å². The SMILES string of the molecule is CC(C)(CCNCC1CC1(C)C)C(N)=NO. The van der Waals surface area contributed by atoms with E-state index in [1.165, 1.54) is 6.42 Å². The van der Waals surface area contributed by atoms with E-state index in [0.29, 0.717) is 11.3 Å². The van der Waals surface area contributed by atoms with Crippen LogP contribution in [0, 0.1) is 16.7 Å². The van der Waals surface area contributed by atoms with Gasteiger partial charge in [0.05, 0.1) is 0 Å². The lowest BCUT2D eigenvalue weighted by Gasteiger charge is -2.22. The van der Waals surface area contributed by atoms with Crippen LogP contribution in [0.25, 0.3) is 0 Å². The molecule has 0 aliphatic heterocycles. The van der Waals surface area contributed by atoms with E-state index in [4.69, 9.17) is 10.9 Å². The Kier molecular flexibility index (Phi) is 3.84. The van der Waals surface area contributed by atoms with Gasteiger partial charge in [-0.15, -0.1) is 0 Å². The molecule has 0 bridgehead atoms. The van der Waals surface area contributed by atoms with E-state index in [-0.39, 0.29) is 5.41 Å². The third kappa shape index (κ3) is 3.37. The van der Waals surface area contributed by atoms with Crippen molar-refractivity contribution in [1.82, 2.24) is 5.32 Å². The first kappa shape index (κ1) is 13.3. The molecule has 16 heavy (non-hydrogen) atoms. The lowest BCUT2D eigenvalue weighted by molar-refractivity contribution is 0.305. The van der Waals surface area contributed by atoms with Gasteiger partial charge in [0.2, 0.25) is 0 Å². The van der Waals surface area contributed by atoms with Gasteiger partial charge in [0.15, 0.2) is 0 Å². The van der Waals surface area contributed by atoms with Crippen LogP contribution in [0.3, 0.4) is 0 Å². The first-order valence-electron chi connectivity index (χ1n) is 5.98. The first-order chi connectivity index (χ1) is 7.29. The Morgan fingerprint density at radius 2 is 2.12 bits per heavy atom.